The van der Waals surface area contributed by atoms with E-state index in [1.54, 1.807) is 6.33 Å². The number of H-pyrrole nitrogens is 1. The number of anilines is 1. The molecule has 27 heavy (non-hydrogen) atoms. The Bertz CT molecular complexity index is 948. The number of aromatic amines is 1. The number of rotatable bonds is 3. The normalized spacial score (nSPS) is 23.0. The maximum Gasteiger partial charge on any atom is 0.143 e. The molecule has 140 valence electrons. The Kier molecular flexibility index (Phi) is 4.20. The minimum Gasteiger partial charge on any atom is -0.493 e. The number of ether oxygens (including phenoxy) is 2. The summed E-state index contributed by atoms with van der Waals surface area (Å²) in [6.45, 7) is 4.44. The van der Waals surface area contributed by atoms with E-state index in [-0.39, 0.29) is 6.04 Å². The summed E-state index contributed by atoms with van der Waals surface area (Å²) in [5.74, 6) is 2.81. The first-order valence-electron chi connectivity index (χ1n) is 9.66. The van der Waals surface area contributed by atoms with Crippen molar-refractivity contribution in [3.8, 4) is 5.75 Å². The lowest BCUT2D eigenvalue weighted by molar-refractivity contribution is 0.0264. The minimum absolute atomic E-state index is 0.159. The van der Waals surface area contributed by atoms with Crippen LogP contribution in [0.15, 0.2) is 36.7 Å². The summed E-state index contributed by atoms with van der Waals surface area (Å²) in [6, 6.07) is 10.6. The Balaban J connectivity index is 1.54. The number of aryl methyl sites for hydroxylation is 1. The van der Waals surface area contributed by atoms with Crippen molar-refractivity contribution >= 4 is 16.9 Å². The highest BCUT2D eigenvalue weighted by molar-refractivity contribution is 5.87. The molecule has 2 N–H and O–H groups in total. The molecule has 6 nitrogen and oxygen atoms in total. The number of hydrogen-bond acceptors (Lipinski definition) is 5. The van der Waals surface area contributed by atoms with Gasteiger partial charge in [-0.3, -0.25) is 0 Å². The van der Waals surface area contributed by atoms with E-state index in [0.29, 0.717) is 11.8 Å². The standard InChI is InChI=1S/C21H24N4O2/c1-13-10-16-20(24-13)22-12-23-21(16)25-19-15-4-2-3-5-18(15)27-11-17(19)14-6-8-26-9-7-14/h2-5,10,12,14,17,19H,6-9,11H2,1H3,(H2,22,23,24,25). The molecule has 4 heterocycles. The van der Waals surface area contributed by atoms with Gasteiger partial charge in [-0.2, -0.15) is 0 Å². The molecule has 0 spiro atoms. The van der Waals surface area contributed by atoms with Crippen molar-refractivity contribution in [2.75, 3.05) is 25.1 Å². The van der Waals surface area contributed by atoms with E-state index in [4.69, 9.17) is 9.47 Å². The van der Waals surface area contributed by atoms with Gasteiger partial charge in [-0.15, -0.1) is 0 Å². The monoisotopic (exact) mass is 364 g/mol. The molecule has 2 aliphatic heterocycles. The molecular formula is C21H24N4O2. The van der Waals surface area contributed by atoms with Crippen LogP contribution in [0.25, 0.3) is 11.0 Å². The molecule has 1 aromatic carbocycles. The first kappa shape index (κ1) is 16.6. The highest BCUT2D eigenvalue weighted by Crippen LogP contribution is 2.43. The van der Waals surface area contributed by atoms with Crippen LogP contribution in [0, 0.1) is 18.8 Å². The van der Waals surface area contributed by atoms with E-state index in [9.17, 15) is 0 Å². The van der Waals surface area contributed by atoms with Gasteiger partial charge in [-0.1, -0.05) is 18.2 Å². The van der Waals surface area contributed by atoms with E-state index < -0.39 is 0 Å². The van der Waals surface area contributed by atoms with Crippen LogP contribution in [-0.2, 0) is 4.74 Å². The first-order valence-corrected chi connectivity index (χ1v) is 9.66. The molecule has 0 amide bonds. The molecule has 0 aliphatic carbocycles. The first-order chi connectivity index (χ1) is 13.3. The third-order valence-corrected chi connectivity index (χ3v) is 5.84. The zero-order valence-corrected chi connectivity index (χ0v) is 15.4. The van der Waals surface area contributed by atoms with E-state index in [1.165, 1.54) is 5.56 Å². The molecule has 3 aromatic rings. The van der Waals surface area contributed by atoms with Crippen molar-refractivity contribution in [2.24, 2.45) is 11.8 Å². The van der Waals surface area contributed by atoms with Gasteiger partial charge in [0.05, 0.1) is 18.0 Å². The van der Waals surface area contributed by atoms with Crippen LogP contribution in [0.4, 0.5) is 5.82 Å². The molecule has 2 aliphatic rings. The van der Waals surface area contributed by atoms with E-state index in [0.717, 1.165) is 61.0 Å². The average molecular weight is 364 g/mol. The molecule has 6 heteroatoms. The van der Waals surface area contributed by atoms with Gasteiger partial charge in [0, 0.05) is 30.4 Å². The fraction of sp³-hybridized carbons (Fsp3) is 0.429. The van der Waals surface area contributed by atoms with Crippen LogP contribution in [0.3, 0.4) is 0 Å². The quantitative estimate of drug-likeness (QED) is 0.738. The van der Waals surface area contributed by atoms with Gasteiger partial charge >= 0.3 is 0 Å². The minimum atomic E-state index is 0.159. The van der Waals surface area contributed by atoms with Crippen molar-refractivity contribution in [1.82, 2.24) is 15.0 Å². The summed E-state index contributed by atoms with van der Waals surface area (Å²) in [4.78, 5) is 12.2. The summed E-state index contributed by atoms with van der Waals surface area (Å²) in [5, 5.41) is 4.78. The van der Waals surface area contributed by atoms with E-state index in [1.807, 2.05) is 13.0 Å². The van der Waals surface area contributed by atoms with Gasteiger partial charge in [0.15, 0.2) is 0 Å². The summed E-state index contributed by atoms with van der Waals surface area (Å²) >= 11 is 0. The zero-order chi connectivity index (χ0) is 18.2. The Hall–Kier alpha value is -2.60. The van der Waals surface area contributed by atoms with Crippen molar-refractivity contribution in [1.29, 1.82) is 0 Å². The van der Waals surface area contributed by atoms with E-state index in [2.05, 4.69) is 44.5 Å². The SMILES string of the molecule is Cc1cc2c(NC3c4ccccc4OCC3C3CCOCC3)ncnc2[nH]1. The molecule has 0 bridgehead atoms. The maximum absolute atomic E-state index is 6.13. The molecule has 0 radical (unpaired) electrons. The van der Waals surface area contributed by atoms with Gasteiger partial charge in [-0.05, 0) is 37.8 Å². The topological polar surface area (TPSA) is 72.1 Å². The van der Waals surface area contributed by atoms with Gasteiger partial charge < -0.3 is 19.8 Å². The lowest BCUT2D eigenvalue weighted by Crippen LogP contribution is -2.38. The highest BCUT2D eigenvalue weighted by atomic mass is 16.5. The van der Waals surface area contributed by atoms with Gasteiger partial charge in [0.2, 0.25) is 0 Å². The van der Waals surface area contributed by atoms with Crippen molar-refractivity contribution < 1.29 is 9.47 Å². The summed E-state index contributed by atoms with van der Waals surface area (Å²) in [6.07, 6.45) is 3.78. The Labute approximate surface area is 158 Å². The van der Waals surface area contributed by atoms with Crippen LogP contribution >= 0.6 is 0 Å². The molecule has 2 aromatic heterocycles. The lowest BCUT2D eigenvalue weighted by atomic mass is 9.77. The molecule has 2 unspecified atom stereocenters. The number of nitrogens with zero attached hydrogens (tertiary/aromatic N) is 2. The number of nitrogens with one attached hydrogen (secondary N) is 2. The smallest absolute Gasteiger partial charge is 0.143 e. The summed E-state index contributed by atoms with van der Waals surface area (Å²) in [5.41, 5.74) is 3.16. The van der Waals surface area contributed by atoms with Crippen LogP contribution in [-0.4, -0.2) is 34.8 Å². The van der Waals surface area contributed by atoms with Crippen LogP contribution in [0.1, 0.15) is 30.1 Å². The second-order valence-corrected chi connectivity index (χ2v) is 7.52. The maximum atomic E-state index is 6.13. The number of aromatic nitrogens is 3. The number of para-hydroxylation sites is 1. The fourth-order valence-corrected chi connectivity index (χ4v) is 4.45. The Morgan fingerprint density at radius 2 is 2.00 bits per heavy atom. The predicted octanol–water partition coefficient (Wildman–Crippen LogP) is 3.85. The largest absolute Gasteiger partial charge is 0.493 e. The van der Waals surface area contributed by atoms with Crippen LogP contribution in [0.2, 0.25) is 0 Å². The predicted molar refractivity (Wildman–Crippen MR) is 104 cm³/mol. The Morgan fingerprint density at radius 1 is 1.15 bits per heavy atom. The van der Waals surface area contributed by atoms with Crippen LogP contribution in [0.5, 0.6) is 5.75 Å². The molecule has 1 fully saturated rings. The molecular weight excluding hydrogens is 340 g/mol. The molecule has 5 rings (SSSR count). The van der Waals surface area contributed by atoms with Crippen molar-refractivity contribution in [3.63, 3.8) is 0 Å². The third kappa shape index (κ3) is 3.04. The summed E-state index contributed by atoms with van der Waals surface area (Å²) < 4.78 is 11.7. The lowest BCUT2D eigenvalue weighted by Gasteiger charge is -2.40. The molecule has 1 saturated heterocycles. The van der Waals surface area contributed by atoms with E-state index >= 15 is 0 Å². The van der Waals surface area contributed by atoms with Crippen LogP contribution < -0.4 is 10.1 Å². The second-order valence-electron chi connectivity index (χ2n) is 7.52. The number of hydrogen-bond donors (Lipinski definition) is 2. The highest BCUT2D eigenvalue weighted by Gasteiger charge is 2.37. The number of fused-ring (bicyclic) bond motifs is 2. The summed E-state index contributed by atoms with van der Waals surface area (Å²) in [7, 11) is 0. The van der Waals surface area contributed by atoms with Gasteiger partial charge in [-0.25, -0.2) is 9.97 Å². The Morgan fingerprint density at radius 3 is 2.89 bits per heavy atom. The average Bonchev–Trinajstić information content (AvgIpc) is 3.10. The van der Waals surface area contributed by atoms with Gasteiger partial charge in [0.1, 0.15) is 23.5 Å². The number of benzene rings is 1. The van der Waals surface area contributed by atoms with Gasteiger partial charge in [0.25, 0.3) is 0 Å². The fourth-order valence-electron chi connectivity index (χ4n) is 4.45. The van der Waals surface area contributed by atoms with Crippen molar-refractivity contribution in [2.45, 2.75) is 25.8 Å². The van der Waals surface area contributed by atoms with Crippen molar-refractivity contribution in [3.05, 3.63) is 47.9 Å². The second kappa shape index (κ2) is 6.85. The zero-order valence-electron chi connectivity index (χ0n) is 15.4. The molecule has 0 saturated carbocycles. The third-order valence-electron chi connectivity index (χ3n) is 5.84. The molecule has 2 atom stereocenters.